The van der Waals surface area contributed by atoms with Crippen molar-refractivity contribution in [2.45, 2.75) is 26.9 Å². The second kappa shape index (κ2) is 6.04. The van der Waals surface area contributed by atoms with E-state index in [-0.39, 0.29) is 5.91 Å². The number of aryl methyl sites for hydroxylation is 1. The van der Waals surface area contributed by atoms with Gasteiger partial charge in [0, 0.05) is 31.9 Å². The quantitative estimate of drug-likeness (QED) is 0.866. The van der Waals surface area contributed by atoms with Crippen molar-refractivity contribution < 1.29 is 4.79 Å². The summed E-state index contributed by atoms with van der Waals surface area (Å²) >= 11 is 0. The lowest BCUT2D eigenvalue weighted by molar-refractivity contribution is -0.114. The molecule has 1 heterocycles. The molecule has 2 N–H and O–H groups in total. The van der Waals surface area contributed by atoms with E-state index >= 15 is 0 Å². The monoisotopic (exact) mass is 258 g/mol. The van der Waals surface area contributed by atoms with Gasteiger partial charge in [0.1, 0.15) is 0 Å². The molecule has 1 amide bonds. The van der Waals surface area contributed by atoms with Crippen LogP contribution in [-0.4, -0.2) is 15.7 Å². The summed E-state index contributed by atoms with van der Waals surface area (Å²) in [6, 6.07) is 7.77. The number of carbonyl (C=O) groups excluding carboxylic acids is 1. The van der Waals surface area contributed by atoms with Crippen molar-refractivity contribution in [1.29, 1.82) is 0 Å². The fourth-order valence-electron chi connectivity index (χ4n) is 1.74. The van der Waals surface area contributed by atoms with Gasteiger partial charge in [-0.25, -0.2) is 0 Å². The molecule has 2 aromatic rings. The minimum Gasteiger partial charge on any atom is -0.378 e. The standard InChI is InChI=1S/C14H18N4O/c1-3-18-10-14(9-16-18)15-8-12-4-6-13(7-5-12)17-11(2)19/h4-7,9-10,15H,3,8H2,1-2H3,(H,17,19). The zero-order valence-corrected chi connectivity index (χ0v) is 11.2. The van der Waals surface area contributed by atoms with Gasteiger partial charge in [-0.15, -0.1) is 0 Å². The summed E-state index contributed by atoms with van der Waals surface area (Å²) in [5, 5.41) is 10.2. The molecule has 5 heteroatoms. The van der Waals surface area contributed by atoms with E-state index in [2.05, 4.69) is 22.7 Å². The van der Waals surface area contributed by atoms with Crippen LogP contribution in [0.15, 0.2) is 36.7 Å². The van der Waals surface area contributed by atoms with Crippen LogP contribution in [0.3, 0.4) is 0 Å². The number of aromatic nitrogens is 2. The number of nitrogens with one attached hydrogen (secondary N) is 2. The van der Waals surface area contributed by atoms with Crippen LogP contribution >= 0.6 is 0 Å². The van der Waals surface area contributed by atoms with E-state index in [0.29, 0.717) is 0 Å². The van der Waals surface area contributed by atoms with Gasteiger partial charge in [0.05, 0.1) is 11.9 Å². The third-order valence-electron chi connectivity index (χ3n) is 2.73. The summed E-state index contributed by atoms with van der Waals surface area (Å²) in [5.41, 5.74) is 2.97. The highest BCUT2D eigenvalue weighted by Crippen LogP contribution is 2.12. The van der Waals surface area contributed by atoms with E-state index < -0.39 is 0 Å². The molecule has 0 saturated carbocycles. The summed E-state index contributed by atoms with van der Waals surface area (Å²) in [4.78, 5) is 10.9. The molecule has 100 valence electrons. The van der Waals surface area contributed by atoms with E-state index in [1.807, 2.05) is 41.3 Å². The first-order valence-electron chi connectivity index (χ1n) is 6.30. The number of amides is 1. The maximum Gasteiger partial charge on any atom is 0.221 e. The second-order valence-corrected chi connectivity index (χ2v) is 4.32. The molecule has 19 heavy (non-hydrogen) atoms. The van der Waals surface area contributed by atoms with Crippen LogP contribution in [0.4, 0.5) is 11.4 Å². The van der Waals surface area contributed by atoms with Crippen LogP contribution in [0.5, 0.6) is 0 Å². The van der Waals surface area contributed by atoms with Crippen molar-refractivity contribution >= 4 is 17.3 Å². The van der Waals surface area contributed by atoms with Crippen LogP contribution in [0.25, 0.3) is 0 Å². The van der Waals surface area contributed by atoms with E-state index in [9.17, 15) is 4.79 Å². The second-order valence-electron chi connectivity index (χ2n) is 4.32. The molecule has 1 aromatic carbocycles. The average molecular weight is 258 g/mol. The molecular formula is C14H18N4O. The first kappa shape index (κ1) is 13.1. The van der Waals surface area contributed by atoms with Crippen LogP contribution in [0, 0.1) is 0 Å². The molecule has 1 aromatic heterocycles. The van der Waals surface area contributed by atoms with Crippen LogP contribution in [0.2, 0.25) is 0 Å². The Balaban J connectivity index is 1.90. The molecule has 0 bridgehead atoms. The lowest BCUT2D eigenvalue weighted by atomic mass is 10.2. The average Bonchev–Trinajstić information content (AvgIpc) is 2.85. The number of hydrogen-bond donors (Lipinski definition) is 2. The number of hydrogen-bond acceptors (Lipinski definition) is 3. The number of rotatable bonds is 5. The van der Waals surface area contributed by atoms with Crippen molar-refractivity contribution in [3.8, 4) is 0 Å². The van der Waals surface area contributed by atoms with Gasteiger partial charge in [-0.1, -0.05) is 12.1 Å². The highest BCUT2D eigenvalue weighted by Gasteiger charge is 1.99. The number of carbonyl (C=O) groups is 1. The number of benzene rings is 1. The molecule has 0 saturated heterocycles. The van der Waals surface area contributed by atoms with Gasteiger partial charge in [-0.3, -0.25) is 9.48 Å². The smallest absolute Gasteiger partial charge is 0.221 e. The third-order valence-corrected chi connectivity index (χ3v) is 2.73. The molecule has 2 rings (SSSR count). The van der Waals surface area contributed by atoms with Gasteiger partial charge < -0.3 is 10.6 Å². The maximum absolute atomic E-state index is 10.9. The fraction of sp³-hybridized carbons (Fsp3) is 0.286. The fourth-order valence-corrected chi connectivity index (χ4v) is 1.74. The van der Waals surface area contributed by atoms with E-state index in [4.69, 9.17) is 0 Å². The zero-order valence-electron chi connectivity index (χ0n) is 11.2. The Bertz CT molecular complexity index is 545. The summed E-state index contributed by atoms with van der Waals surface area (Å²) in [7, 11) is 0. The minimum atomic E-state index is -0.0575. The molecular weight excluding hydrogens is 240 g/mol. The van der Waals surface area contributed by atoms with Gasteiger partial charge in [0.15, 0.2) is 0 Å². The zero-order chi connectivity index (χ0) is 13.7. The predicted octanol–water partition coefficient (Wildman–Crippen LogP) is 2.47. The predicted molar refractivity (Wildman–Crippen MR) is 76.0 cm³/mol. The lowest BCUT2D eigenvalue weighted by Gasteiger charge is -2.06. The third kappa shape index (κ3) is 3.84. The maximum atomic E-state index is 10.9. The molecule has 0 aliphatic rings. The van der Waals surface area contributed by atoms with Gasteiger partial charge >= 0.3 is 0 Å². The summed E-state index contributed by atoms with van der Waals surface area (Å²) in [6.07, 6.45) is 3.79. The Kier molecular flexibility index (Phi) is 4.18. The van der Waals surface area contributed by atoms with Gasteiger partial charge in [-0.05, 0) is 24.6 Å². The molecule has 0 spiro atoms. The van der Waals surface area contributed by atoms with Crippen molar-refractivity contribution in [3.63, 3.8) is 0 Å². The Morgan fingerprint density at radius 3 is 2.58 bits per heavy atom. The van der Waals surface area contributed by atoms with Crippen LogP contribution in [-0.2, 0) is 17.9 Å². The number of anilines is 2. The SMILES string of the molecule is CCn1cc(NCc2ccc(NC(C)=O)cc2)cn1. The van der Waals surface area contributed by atoms with Crippen molar-refractivity contribution in [2.24, 2.45) is 0 Å². The van der Waals surface area contributed by atoms with Crippen LogP contribution < -0.4 is 10.6 Å². The first-order valence-corrected chi connectivity index (χ1v) is 6.30. The number of nitrogens with zero attached hydrogens (tertiary/aromatic N) is 2. The Morgan fingerprint density at radius 1 is 1.26 bits per heavy atom. The van der Waals surface area contributed by atoms with Crippen LogP contribution in [0.1, 0.15) is 19.4 Å². The van der Waals surface area contributed by atoms with Crippen molar-refractivity contribution in [1.82, 2.24) is 9.78 Å². The lowest BCUT2D eigenvalue weighted by Crippen LogP contribution is -2.05. The molecule has 0 radical (unpaired) electrons. The Labute approximate surface area is 112 Å². The highest BCUT2D eigenvalue weighted by molar-refractivity contribution is 5.88. The van der Waals surface area contributed by atoms with Crippen molar-refractivity contribution in [3.05, 3.63) is 42.2 Å². The minimum absolute atomic E-state index is 0.0575. The molecule has 0 fully saturated rings. The largest absolute Gasteiger partial charge is 0.378 e. The molecule has 0 atom stereocenters. The van der Waals surface area contributed by atoms with E-state index in [1.165, 1.54) is 6.92 Å². The Hall–Kier alpha value is -2.30. The topological polar surface area (TPSA) is 59.0 Å². The van der Waals surface area contributed by atoms with Gasteiger partial charge in [0.25, 0.3) is 0 Å². The van der Waals surface area contributed by atoms with E-state index in [1.54, 1.807) is 0 Å². The summed E-state index contributed by atoms with van der Waals surface area (Å²) in [5.74, 6) is -0.0575. The van der Waals surface area contributed by atoms with Gasteiger partial charge in [0.2, 0.25) is 5.91 Å². The first-order chi connectivity index (χ1) is 9.17. The summed E-state index contributed by atoms with van der Waals surface area (Å²) in [6.45, 7) is 5.15. The summed E-state index contributed by atoms with van der Waals surface area (Å²) < 4.78 is 1.88. The Morgan fingerprint density at radius 2 is 2.00 bits per heavy atom. The molecule has 0 unspecified atom stereocenters. The molecule has 5 nitrogen and oxygen atoms in total. The molecule has 0 aliphatic carbocycles. The normalized spacial score (nSPS) is 10.2. The van der Waals surface area contributed by atoms with E-state index in [0.717, 1.165) is 30.0 Å². The highest BCUT2D eigenvalue weighted by atomic mass is 16.1. The van der Waals surface area contributed by atoms with Crippen molar-refractivity contribution in [2.75, 3.05) is 10.6 Å². The van der Waals surface area contributed by atoms with Gasteiger partial charge in [-0.2, -0.15) is 5.10 Å². The molecule has 0 aliphatic heterocycles.